The van der Waals surface area contributed by atoms with E-state index in [0.29, 0.717) is 58.3 Å². The van der Waals surface area contributed by atoms with Gasteiger partial charge < -0.3 is 35.1 Å². The van der Waals surface area contributed by atoms with Gasteiger partial charge in [0.15, 0.2) is 0 Å². The topological polar surface area (TPSA) is 105 Å². The van der Waals surface area contributed by atoms with Gasteiger partial charge in [0.25, 0.3) is 5.91 Å². The van der Waals surface area contributed by atoms with Gasteiger partial charge in [-0.25, -0.2) is 4.99 Å². The maximum atomic E-state index is 13.0. The van der Waals surface area contributed by atoms with Gasteiger partial charge in [-0.15, -0.1) is 9.24 Å². The molecule has 2 aromatic carbocycles. The molecule has 0 aliphatic carbocycles. The molecule has 0 aromatic heterocycles. The normalized spacial score (nSPS) is 13.4. The van der Waals surface area contributed by atoms with Crippen molar-refractivity contribution in [1.29, 1.82) is 0 Å². The Labute approximate surface area is 271 Å². The van der Waals surface area contributed by atoms with Crippen LogP contribution in [0.4, 0.5) is 5.69 Å². The molecule has 0 saturated carbocycles. The summed E-state index contributed by atoms with van der Waals surface area (Å²) in [6.07, 6.45) is 4.02. The molecular weight excluding hydrogens is 587 g/mol. The van der Waals surface area contributed by atoms with Gasteiger partial charge >= 0.3 is 0 Å². The number of carbonyl (C=O) groups is 1. The summed E-state index contributed by atoms with van der Waals surface area (Å²) in [5.41, 5.74) is 8.83. The van der Waals surface area contributed by atoms with Crippen LogP contribution in [0, 0.1) is 11.8 Å². The summed E-state index contributed by atoms with van der Waals surface area (Å²) < 4.78 is 16.6. The largest absolute Gasteiger partial charge is 0.378 e. The highest BCUT2D eigenvalue weighted by molar-refractivity contribution is 7.27. The first-order valence-corrected chi connectivity index (χ1v) is 16.1. The van der Waals surface area contributed by atoms with E-state index in [1.54, 1.807) is 6.34 Å². The Balaban J connectivity index is 1.53. The highest BCUT2D eigenvalue weighted by Gasteiger charge is 2.20. The Morgan fingerprint density at radius 2 is 1.71 bits per heavy atom. The van der Waals surface area contributed by atoms with Gasteiger partial charge in [-0.2, -0.15) is 0 Å². The molecule has 1 saturated heterocycles. The van der Waals surface area contributed by atoms with Crippen LogP contribution in [-0.4, -0.2) is 121 Å². The number of amides is 1. The molecule has 1 atom stereocenters. The van der Waals surface area contributed by atoms with E-state index in [0.717, 1.165) is 67.8 Å². The zero-order valence-electron chi connectivity index (χ0n) is 26.6. The molecule has 0 radical (unpaired) electrons. The first kappa shape index (κ1) is 36.2. The predicted octanol–water partition coefficient (Wildman–Crippen LogP) is 1.94. The molecule has 1 unspecified atom stereocenters. The Hall–Kier alpha value is -3.29. The molecule has 1 fully saturated rings. The van der Waals surface area contributed by atoms with Crippen molar-refractivity contribution in [3.05, 3.63) is 71.9 Å². The maximum Gasteiger partial charge on any atom is 0.251 e. The summed E-state index contributed by atoms with van der Waals surface area (Å²) in [6, 6.07) is 13.9. The van der Waals surface area contributed by atoms with Gasteiger partial charge in [0.1, 0.15) is 0 Å². The Kier molecular flexibility index (Phi) is 17.2. The summed E-state index contributed by atoms with van der Waals surface area (Å²) in [5, 5.41) is 4.15. The minimum absolute atomic E-state index is 0.102. The van der Waals surface area contributed by atoms with Gasteiger partial charge in [-0.3, -0.25) is 9.69 Å². The zero-order valence-corrected chi connectivity index (χ0v) is 27.7. The number of nitrogens with one attached hydrogen (secondary N) is 1. The number of carbonyl (C=O) groups excluding carboxylic acids is 1. The smallest absolute Gasteiger partial charge is 0.251 e. The second-order valence-corrected chi connectivity index (χ2v) is 11.3. The molecule has 45 heavy (non-hydrogen) atoms. The van der Waals surface area contributed by atoms with Crippen LogP contribution in [0.2, 0.25) is 0 Å². The molecule has 3 N–H and O–H groups in total. The van der Waals surface area contributed by atoms with E-state index in [4.69, 9.17) is 19.9 Å². The van der Waals surface area contributed by atoms with Gasteiger partial charge in [0, 0.05) is 82.3 Å². The number of aliphatic imine (C=N–C) groups is 1. The lowest BCUT2D eigenvalue weighted by Crippen LogP contribution is -2.47. The number of benzene rings is 2. The summed E-state index contributed by atoms with van der Waals surface area (Å²) in [4.78, 5) is 23.8. The van der Waals surface area contributed by atoms with Crippen LogP contribution in [0.3, 0.4) is 0 Å². The van der Waals surface area contributed by atoms with Crippen LogP contribution in [0.15, 0.2) is 60.2 Å². The van der Waals surface area contributed by atoms with Gasteiger partial charge in [-0.1, -0.05) is 30.6 Å². The van der Waals surface area contributed by atoms with Crippen LogP contribution in [0.1, 0.15) is 27.9 Å². The third-order valence-electron chi connectivity index (χ3n) is 7.12. The van der Waals surface area contributed by atoms with Gasteiger partial charge in [-0.05, 0) is 42.1 Å². The van der Waals surface area contributed by atoms with Crippen molar-refractivity contribution < 1.29 is 19.0 Å². The quantitative estimate of drug-likeness (QED) is 0.0793. The minimum Gasteiger partial charge on any atom is -0.378 e. The fraction of sp³-hybridized carbons (Fsp3) is 0.471. The molecule has 1 heterocycles. The van der Waals surface area contributed by atoms with Crippen molar-refractivity contribution in [2.75, 3.05) is 104 Å². The van der Waals surface area contributed by atoms with Crippen molar-refractivity contribution in [1.82, 2.24) is 15.1 Å². The molecule has 2 aromatic rings. The second kappa shape index (κ2) is 21.4. The molecule has 3 rings (SSSR count). The molecule has 10 nitrogen and oxygen atoms in total. The molecular formula is C34H49N6O4P. The van der Waals surface area contributed by atoms with E-state index in [2.05, 4.69) is 47.8 Å². The van der Waals surface area contributed by atoms with Crippen LogP contribution in [-0.2, 0) is 14.2 Å². The average molecular weight is 637 g/mol. The lowest BCUT2D eigenvalue weighted by atomic mass is 10.1. The van der Waals surface area contributed by atoms with Crippen LogP contribution < -0.4 is 21.3 Å². The highest BCUT2D eigenvalue weighted by atomic mass is 31.0. The molecule has 11 heteroatoms. The van der Waals surface area contributed by atoms with Crippen molar-refractivity contribution in [2.24, 2.45) is 10.7 Å². The van der Waals surface area contributed by atoms with Gasteiger partial charge in [0.2, 0.25) is 0 Å². The zero-order chi connectivity index (χ0) is 32.1. The van der Waals surface area contributed by atoms with Crippen molar-refractivity contribution in [3.63, 3.8) is 0 Å². The molecule has 0 spiro atoms. The summed E-state index contributed by atoms with van der Waals surface area (Å²) in [5.74, 6) is 6.55. The number of piperazine rings is 1. The first-order chi connectivity index (χ1) is 22.0. The van der Waals surface area contributed by atoms with Crippen molar-refractivity contribution >= 4 is 32.5 Å². The van der Waals surface area contributed by atoms with E-state index in [1.165, 1.54) is 6.20 Å². The molecule has 244 valence electrons. The monoisotopic (exact) mass is 636 g/mol. The number of anilines is 1. The summed E-state index contributed by atoms with van der Waals surface area (Å²) >= 11 is 0. The Bertz CT molecular complexity index is 1260. The van der Waals surface area contributed by atoms with E-state index >= 15 is 0 Å². The molecule has 1 aliphatic heterocycles. The number of rotatable bonds is 19. The number of ether oxygens (including phenoxy) is 3. The van der Waals surface area contributed by atoms with E-state index in [1.807, 2.05) is 54.4 Å². The van der Waals surface area contributed by atoms with Crippen LogP contribution in [0.25, 0.3) is 0 Å². The van der Waals surface area contributed by atoms with Gasteiger partial charge in [0.05, 0.1) is 51.7 Å². The van der Waals surface area contributed by atoms with E-state index in [-0.39, 0.29) is 5.91 Å². The molecule has 0 bridgehead atoms. The maximum absolute atomic E-state index is 13.0. The van der Waals surface area contributed by atoms with Crippen molar-refractivity contribution in [3.8, 4) is 11.8 Å². The number of nitrogens with two attached hydrogens (primary N) is 1. The third-order valence-corrected chi connectivity index (χ3v) is 7.51. The van der Waals surface area contributed by atoms with E-state index < -0.39 is 0 Å². The fourth-order valence-corrected chi connectivity index (χ4v) is 4.83. The fourth-order valence-electron chi connectivity index (χ4n) is 4.64. The van der Waals surface area contributed by atoms with Crippen molar-refractivity contribution in [2.45, 2.75) is 6.42 Å². The average Bonchev–Trinajstić information content (AvgIpc) is 3.06. The lowest BCUT2D eigenvalue weighted by molar-refractivity contribution is 0.0116. The number of hydrogen-bond acceptors (Lipinski definition) is 8. The first-order valence-electron chi connectivity index (χ1n) is 15.5. The standard InChI is InChI=1S/C34H49N6O4P/c1-3-36-28-38(2)15-4-14-37-34(41)31-9-12-33(30(27-31)8-5-29-6-10-32(45)11-7-29)40-18-16-39(17-19-40)20-22-43-24-26-44-25-23-42-21-13-35/h3,6-7,9-12,27-28H,1,4,13-26,35,45H2,2H3,(H,37,41). The summed E-state index contributed by atoms with van der Waals surface area (Å²) in [6.45, 7) is 13.4. The number of hydrogen-bond donors (Lipinski definition) is 2. The minimum atomic E-state index is -0.102. The molecule has 1 amide bonds. The van der Waals surface area contributed by atoms with Crippen LogP contribution >= 0.6 is 9.24 Å². The third kappa shape index (κ3) is 14.1. The highest BCUT2D eigenvalue weighted by Crippen LogP contribution is 2.23. The summed E-state index contributed by atoms with van der Waals surface area (Å²) in [7, 11) is 4.64. The SMILES string of the molecule is C=CN=CN(C)CCCNC(=O)c1ccc(N2CCN(CCOCCOCCOCCN)CC2)c(C#Cc2ccc(P)cc2)c1. The number of nitrogens with zero attached hydrogens (tertiary/aromatic N) is 4. The van der Waals surface area contributed by atoms with E-state index in [9.17, 15) is 4.79 Å². The molecule has 1 aliphatic rings. The van der Waals surface area contributed by atoms with Crippen LogP contribution in [0.5, 0.6) is 0 Å². The lowest BCUT2D eigenvalue weighted by Gasteiger charge is -2.36. The second-order valence-electron chi connectivity index (χ2n) is 10.6. The Morgan fingerprint density at radius 3 is 2.40 bits per heavy atom. The predicted molar refractivity (Wildman–Crippen MR) is 187 cm³/mol. The Morgan fingerprint density at radius 1 is 1.02 bits per heavy atom.